The zero-order valence-corrected chi connectivity index (χ0v) is 8.59. The number of benzene rings is 1. The number of nitrogens with zero attached hydrogens (tertiary/aromatic N) is 2. The van der Waals surface area contributed by atoms with E-state index in [1.54, 1.807) is 18.3 Å². The van der Waals surface area contributed by atoms with Gasteiger partial charge in [-0.05, 0) is 24.3 Å². The van der Waals surface area contributed by atoms with Crippen LogP contribution in [0.15, 0.2) is 30.5 Å². The molecule has 1 aromatic heterocycles. The summed E-state index contributed by atoms with van der Waals surface area (Å²) in [6.45, 7) is 0. The summed E-state index contributed by atoms with van der Waals surface area (Å²) in [7, 11) is 0. The van der Waals surface area contributed by atoms with Gasteiger partial charge in [0.25, 0.3) is 0 Å². The monoisotopic (exact) mass is 218 g/mol. The average Bonchev–Trinajstić information content (AvgIpc) is 2.68. The van der Waals surface area contributed by atoms with Gasteiger partial charge in [0.2, 0.25) is 0 Å². The van der Waals surface area contributed by atoms with Gasteiger partial charge in [0.15, 0.2) is 0 Å². The van der Waals surface area contributed by atoms with Crippen LogP contribution in [0.2, 0.25) is 0 Å². The number of hydrogen-bond acceptors (Lipinski definition) is 3. The van der Waals surface area contributed by atoms with E-state index in [2.05, 4.69) is 11.1 Å². The molecule has 1 aromatic carbocycles. The molecule has 0 bridgehead atoms. The molecule has 1 heterocycles. The first-order valence-electron chi connectivity index (χ1n) is 4.37. The van der Waals surface area contributed by atoms with Crippen LogP contribution in [0.1, 0.15) is 4.88 Å². The zero-order chi connectivity index (χ0) is 10.7. The Hall–Kier alpha value is -1.73. The first-order chi connectivity index (χ1) is 7.29. The Morgan fingerprint density at radius 2 is 2.07 bits per heavy atom. The van der Waals surface area contributed by atoms with E-state index in [0.29, 0.717) is 6.42 Å². The highest BCUT2D eigenvalue weighted by Crippen LogP contribution is 2.25. The molecule has 0 fully saturated rings. The Morgan fingerprint density at radius 3 is 2.73 bits per heavy atom. The highest BCUT2D eigenvalue weighted by atomic mass is 32.1. The van der Waals surface area contributed by atoms with E-state index in [4.69, 9.17) is 5.26 Å². The van der Waals surface area contributed by atoms with Crippen molar-refractivity contribution in [3.8, 4) is 16.6 Å². The summed E-state index contributed by atoms with van der Waals surface area (Å²) in [6.07, 6.45) is 2.06. The lowest BCUT2D eigenvalue weighted by Gasteiger charge is -1.94. The Kier molecular flexibility index (Phi) is 2.75. The number of aromatic nitrogens is 1. The first-order valence-corrected chi connectivity index (χ1v) is 5.19. The fourth-order valence-electron chi connectivity index (χ4n) is 1.19. The third-order valence-corrected chi connectivity index (χ3v) is 2.94. The summed E-state index contributed by atoms with van der Waals surface area (Å²) in [4.78, 5) is 5.11. The van der Waals surface area contributed by atoms with Gasteiger partial charge in [0, 0.05) is 16.6 Å². The summed E-state index contributed by atoms with van der Waals surface area (Å²) in [5.74, 6) is -0.257. The summed E-state index contributed by atoms with van der Waals surface area (Å²) in [5, 5.41) is 9.33. The number of hydrogen-bond donors (Lipinski definition) is 0. The number of rotatable bonds is 2. The molecule has 0 radical (unpaired) electrons. The Labute approximate surface area is 90.6 Å². The van der Waals surface area contributed by atoms with E-state index in [-0.39, 0.29) is 5.82 Å². The molecule has 0 saturated carbocycles. The predicted octanol–water partition coefficient (Wildman–Crippen LogP) is 3.02. The van der Waals surface area contributed by atoms with Gasteiger partial charge < -0.3 is 0 Å². The van der Waals surface area contributed by atoms with Crippen LogP contribution in [0.3, 0.4) is 0 Å². The van der Waals surface area contributed by atoms with Crippen LogP contribution in [-0.4, -0.2) is 4.98 Å². The lowest BCUT2D eigenvalue weighted by molar-refractivity contribution is 0.628. The second kappa shape index (κ2) is 4.20. The molecule has 4 heteroatoms. The molecule has 0 N–H and O–H groups in total. The van der Waals surface area contributed by atoms with Crippen LogP contribution >= 0.6 is 11.3 Å². The van der Waals surface area contributed by atoms with Crippen molar-refractivity contribution in [3.05, 3.63) is 41.2 Å². The molecule has 74 valence electrons. The molecule has 0 aliphatic heterocycles. The molecular weight excluding hydrogens is 211 g/mol. The lowest BCUT2D eigenvalue weighted by atomic mass is 10.2. The molecular formula is C11H7FN2S. The van der Waals surface area contributed by atoms with Crippen LogP contribution in [0.4, 0.5) is 4.39 Å². The van der Waals surface area contributed by atoms with Crippen LogP contribution in [0.5, 0.6) is 0 Å². The molecule has 0 amide bonds. The van der Waals surface area contributed by atoms with Gasteiger partial charge in [-0.1, -0.05) is 0 Å². The predicted molar refractivity (Wildman–Crippen MR) is 56.8 cm³/mol. The molecule has 2 rings (SSSR count). The molecule has 0 unspecified atom stereocenters. The molecule has 0 atom stereocenters. The quantitative estimate of drug-likeness (QED) is 0.776. The van der Waals surface area contributed by atoms with Crippen molar-refractivity contribution in [1.82, 2.24) is 4.98 Å². The fraction of sp³-hybridized carbons (Fsp3) is 0.0909. The van der Waals surface area contributed by atoms with Crippen LogP contribution in [0, 0.1) is 17.1 Å². The number of thiazole rings is 1. The van der Waals surface area contributed by atoms with E-state index in [9.17, 15) is 4.39 Å². The average molecular weight is 218 g/mol. The van der Waals surface area contributed by atoms with Crippen LogP contribution in [0.25, 0.3) is 10.6 Å². The van der Waals surface area contributed by atoms with Gasteiger partial charge in [-0.2, -0.15) is 5.26 Å². The second-order valence-electron chi connectivity index (χ2n) is 2.97. The minimum absolute atomic E-state index is 0.257. The highest BCUT2D eigenvalue weighted by Gasteiger charge is 2.04. The summed E-state index contributed by atoms with van der Waals surface area (Å²) in [5.41, 5.74) is 0.880. The third kappa shape index (κ3) is 2.20. The highest BCUT2D eigenvalue weighted by molar-refractivity contribution is 7.15. The summed E-state index contributed by atoms with van der Waals surface area (Å²) < 4.78 is 12.7. The van der Waals surface area contributed by atoms with Crippen molar-refractivity contribution < 1.29 is 4.39 Å². The van der Waals surface area contributed by atoms with Gasteiger partial charge in [-0.3, -0.25) is 0 Å². The molecule has 2 aromatic rings. The van der Waals surface area contributed by atoms with Crippen molar-refractivity contribution in [2.45, 2.75) is 6.42 Å². The van der Waals surface area contributed by atoms with Gasteiger partial charge in [-0.15, -0.1) is 11.3 Å². The van der Waals surface area contributed by atoms with Crippen LogP contribution < -0.4 is 0 Å². The van der Waals surface area contributed by atoms with Crippen LogP contribution in [-0.2, 0) is 6.42 Å². The maximum atomic E-state index is 12.7. The summed E-state index contributed by atoms with van der Waals surface area (Å²) in [6, 6.07) is 8.24. The first kappa shape index (κ1) is 9.81. The van der Waals surface area contributed by atoms with Gasteiger partial charge in [-0.25, -0.2) is 9.37 Å². The standard InChI is InChI=1S/C11H7FN2S/c12-9-3-1-8(2-4-9)11-14-7-10(15-11)5-6-13/h1-4,7H,5H2. The van der Waals surface area contributed by atoms with Gasteiger partial charge in [0.1, 0.15) is 10.8 Å². The molecule has 0 aliphatic carbocycles. The molecule has 0 aliphatic rings. The van der Waals surface area contributed by atoms with E-state index < -0.39 is 0 Å². The number of nitriles is 1. The van der Waals surface area contributed by atoms with Crippen molar-refractivity contribution in [2.24, 2.45) is 0 Å². The number of halogens is 1. The normalized spacial score (nSPS) is 9.87. The Bertz CT molecular complexity index is 496. The minimum Gasteiger partial charge on any atom is -0.244 e. The van der Waals surface area contributed by atoms with Gasteiger partial charge >= 0.3 is 0 Å². The largest absolute Gasteiger partial charge is 0.244 e. The molecule has 2 nitrogen and oxygen atoms in total. The van der Waals surface area contributed by atoms with E-state index >= 15 is 0 Å². The Balaban J connectivity index is 2.30. The zero-order valence-electron chi connectivity index (χ0n) is 7.77. The van der Waals surface area contributed by atoms with Crippen molar-refractivity contribution >= 4 is 11.3 Å². The topological polar surface area (TPSA) is 36.7 Å². The minimum atomic E-state index is -0.257. The Morgan fingerprint density at radius 1 is 1.33 bits per heavy atom. The maximum absolute atomic E-state index is 12.7. The van der Waals surface area contributed by atoms with Crippen molar-refractivity contribution in [1.29, 1.82) is 5.26 Å². The lowest BCUT2D eigenvalue weighted by Crippen LogP contribution is -1.76. The molecule has 15 heavy (non-hydrogen) atoms. The third-order valence-electron chi connectivity index (χ3n) is 1.90. The SMILES string of the molecule is N#CCc1cnc(-c2ccc(F)cc2)s1. The summed E-state index contributed by atoms with van der Waals surface area (Å²) >= 11 is 1.46. The smallest absolute Gasteiger partial charge is 0.123 e. The van der Waals surface area contributed by atoms with Crippen molar-refractivity contribution in [3.63, 3.8) is 0 Å². The molecule has 0 spiro atoms. The van der Waals surface area contributed by atoms with E-state index in [1.165, 1.54) is 23.5 Å². The molecule has 0 saturated heterocycles. The maximum Gasteiger partial charge on any atom is 0.123 e. The van der Waals surface area contributed by atoms with Gasteiger partial charge in [0.05, 0.1) is 12.5 Å². The van der Waals surface area contributed by atoms with Crippen molar-refractivity contribution in [2.75, 3.05) is 0 Å². The fourth-order valence-corrected chi connectivity index (χ4v) is 2.04. The van der Waals surface area contributed by atoms with E-state index in [1.807, 2.05) is 0 Å². The van der Waals surface area contributed by atoms with E-state index in [0.717, 1.165) is 15.4 Å². The second-order valence-corrected chi connectivity index (χ2v) is 4.09.